The molecule has 2 aromatic carbocycles. The number of halogens is 3. The molecule has 0 amide bonds. The lowest BCUT2D eigenvalue weighted by Gasteiger charge is -2.13. The summed E-state index contributed by atoms with van der Waals surface area (Å²) < 4.78 is 13.7. The van der Waals surface area contributed by atoms with Crippen LogP contribution in [0, 0.1) is 12.7 Å². The summed E-state index contributed by atoms with van der Waals surface area (Å²) in [7, 11) is 0. The molecule has 0 N–H and O–H groups in total. The van der Waals surface area contributed by atoms with E-state index in [2.05, 4.69) is 0 Å². The molecular formula is C14H11Cl2F. The second-order valence-electron chi connectivity index (χ2n) is 3.91. The molecule has 0 saturated heterocycles. The highest BCUT2D eigenvalue weighted by Crippen LogP contribution is 2.35. The van der Waals surface area contributed by atoms with Crippen LogP contribution >= 0.6 is 23.2 Å². The second-order valence-corrected chi connectivity index (χ2v) is 4.75. The molecule has 0 nitrogen and oxygen atoms in total. The van der Waals surface area contributed by atoms with Gasteiger partial charge in [0.2, 0.25) is 0 Å². The Morgan fingerprint density at radius 3 is 2.29 bits per heavy atom. The monoisotopic (exact) mass is 268 g/mol. The zero-order valence-electron chi connectivity index (χ0n) is 9.25. The highest BCUT2D eigenvalue weighted by Gasteiger charge is 2.18. The van der Waals surface area contributed by atoms with Gasteiger partial charge in [0, 0.05) is 10.6 Å². The van der Waals surface area contributed by atoms with Gasteiger partial charge in [0.25, 0.3) is 0 Å². The Balaban J connectivity index is 2.43. The Morgan fingerprint density at radius 1 is 1.06 bits per heavy atom. The summed E-state index contributed by atoms with van der Waals surface area (Å²) in [6.45, 7) is 1.99. The molecule has 0 spiro atoms. The molecule has 2 rings (SSSR count). The van der Waals surface area contributed by atoms with E-state index in [0.717, 1.165) is 11.1 Å². The van der Waals surface area contributed by atoms with E-state index in [-0.39, 0.29) is 5.82 Å². The minimum absolute atomic E-state index is 0.333. The highest BCUT2D eigenvalue weighted by molar-refractivity contribution is 6.33. The minimum atomic E-state index is -0.565. The normalized spacial score (nSPS) is 12.5. The molecule has 88 valence electrons. The Hall–Kier alpha value is -1.05. The topological polar surface area (TPSA) is 0 Å². The van der Waals surface area contributed by atoms with E-state index in [0.29, 0.717) is 10.6 Å². The van der Waals surface area contributed by atoms with Gasteiger partial charge in [-0.15, -0.1) is 11.6 Å². The van der Waals surface area contributed by atoms with E-state index in [9.17, 15) is 4.39 Å². The summed E-state index contributed by atoms with van der Waals surface area (Å²) in [4.78, 5) is 0. The SMILES string of the molecule is Cc1ccc(C(Cl)c2c(F)cccc2Cl)cc1. The fourth-order valence-electron chi connectivity index (χ4n) is 1.65. The summed E-state index contributed by atoms with van der Waals surface area (Å²) in [5.41, 5.74) is 2.31. The summed E-state index contributed by atoms with van der Waals surface area (Å²) in [6, 6.07) is 12.2. The molecule has 0 radical (unpaired) electrons. The van der Waals surface area contributed by atoms with Crippen molar-refractivity contribution in [3.63, 3.8) is 0 Å². The fraction of sp³-hybridized carbons (Fsp3) is 0.143. The minimum Gasteiger partial charge on any atom is -0.207 e. The summed E-state index contributed by atoms with van der Waals surface area (Å²) in [5.74, 6) is -0.377. The van der Waals surface area contributed by atoms with Gasteiger partial charge < -0.3 is 0 Å². The number of hydrogen-bond donors (Lipinski definition) is 0. The largest absolute Gasteiger partial charge is 0.207 e. The molecular weight excluding hydrogens is 258 g/mol. The number of hydrogen-bond acceptors (Lipinski definition) is 0. The van der Waals surface area contributed by atoms with E-state index in [1.165, 1.54) is 6.07 Å². The molecule has 0 aliphatic heterocycles. The van der Waals surface area contributed by atoms with Gasteiger partial charge in [-0.1, -0.05) is 47.5 Å². The lowest BCUT2D eigenvalue weighted by atomic mass is 10.0. The van der Waals surface area contributed by atoms with Crippen molar-refractivity contribution in [2.45, 2.75) is 12.3 Å². The van der Waals surface area contributed by atoms with Crippen LogP contribution in [-0.2, 0) is 0 Å². The molecule has 0 fully saturated rings. The van der Waals surface area contributed by atoms with Crippen LogP contribution in [-0.4, -0.2) is 0 Å². The summed E-state index contributed by atoms with van der Waals surface area (Å²) >= 11 is 12.3. The van der Waals surface area contributed by atoms with E-state index >= 15 is 0 Å². The van der Waals surface area contributed by atoms with Gasteiger partial charge in [-0.2, -0.15) is 0 Å². The molecule has 17 heavy (non-hydrogen) atoms. The first-order valence-electron chi connectivity index (χ1n) is 5.24. The molecule has 0 bridgehead atoms. The molecule has 2 aromatic rings. The van der Waals surface area contributed by atoms with Gasteiger partial charge >= 0.3 is 0 Å². The predicted octanol–water partition coefficient (Wildman–Crippen LogP) is 5.12. The molecule has 3 heteroatoms. The van der Waals surface area contributed by atoms with Crippen LogP contribution in [0.4, 0.5) is 4.39 Å². The van der Waals surface area contributed by atoms with E-state index in [1.807, 2.05) is 31.2 Å². The fourth-order valence-corrected chi connectivity index (χ4v) is 2.35. The van der Waals surface area contributed by atoms with Crippen LogP contribution in [0.1, 0.15) is 22.1 Å². The molecule has 0 aliphatic rings. The first kappa shape index (κ1) is 12.4. The van der Waals surface area contributed by atoms with E-state index in [4.69, 9.17) is 23.2 Å². The van der Waals surface area contributed by atoms with Gasteiger partial charge in [0.05, 0.1) is 5.38 Å². The van der Waals surface area contributed by atoms with Crippen LogP contribution < -0.4 is 0 Å². The number of benzene rings is 2. The molecule has 1 unspecified atom stereocenters. The standard InChI is InChI=1S/C14H11Cl2F/c1-9-5-7-10(8-6-9)14(16)13-11(15)3-2-4-12(13)17/h2-8,14H,1H3. The van der Waals surface area contributed by atoms with Crippen molar-refractivity contribution in [3.8, 4) is 0 Å². The molecule has 1 atom stereocenters. The van der Waals surface area contributed by atoms with Crippen molar-refractivity contribution in [1.82, 2.24) is 0 Å². The third kappa shape index (κ3) is 2.62. The van der Waals surface area contributed by atoms with Crippen LogP contribution in [0.15, 0.2) is 42.5 Å². The first-order valence-corrected chi connectivity index (χ1v) is 6.05. The van der Waals surface area contributed by atoms with Gasteiger partial charge in [-0.25, -0.2) is 4.39 Å². The zero-order valence-corrected chi connectivity index (χ0v) is 10.8. The number of aryl methyl sites for hydroxylation is 1. The summed E-state index contributed by atoms with van der Waals surface area (Å²) in [6.07, 6.45) is 0. The van der Waals surface area contributed by atoms with Crippen molar-refractivity contribution in [2.75, 3.05) is 0 Å². The lowest BCUT2D eigenvalue weighted by molar-refractivity contribution is 0.612. The highest BCUT2D eigenvalue weighted by atomic mass is 35.5. The molecule has 0 aromatic heterocycles. The van der Waals surface area contributed by atoms with Crippen molar-refractivity contribution in [3.05, 3.63) is 70.0 Å². The second kappa shape index (κ2) is 5.07. The maximum Gasteiger partial charge on any atom is 0.129 e. The van der Waals surface area contributed by atoms with E-state index in [1.54, 1.807) is 12.1 Å². The van der Waals surface area contributed by atoms with Crippen molar-refractivity contribution in [1.29, 1.82) is 0 Å². The van der Waals surface area contributed by atoms with Gasteiger partial charge in [-0.3, -0.25) is 0 Å². The molecule has 0 saturated carbocycles. The maximum absolute atomic E-state index is 13.7. The quantitative estimate of drug-likeness (QED) is 0.664. The van der Waals surface area contributed by atoms with Crippen LogP contribution in [0.2, 0.25) is 5.02 Å². The average Bonchev–Trinajstić information content (AvgIpc) is 2.29. The summed E-state index contributed by atoms with van der Waals surface area (Å²) in [5, 5.41) is -0.213. The van der Waals surface area contributed by atoms with Gasteiger partial charge in [0.15, 0.2) is 0 Å². The molecule has 0 aliphatic carbocycles. The van der Waals surface area contributed by atoms with Crippen molar-refractivity contribution < 1.29 is 4.39 Å². The van der Waals surface area contributed by atoms with E-state index < -0.39 is 5.38 Å². The maximum atomic E-state index is 13.7. The molecule has 0 heterocycles. The average molecular weight is 269 g/mol. The van der Waals surface area contributed by atoms with Gasteiger partial charge in [-0.05, 0) is 24.6 Å². The Bertz CT molecular complexity index is 500. The Labute approximate surface area is 110 Å². The van der Waals surface area contributed by atoms with Crippen molar-refractivity contribution >= 4 is 23.2 Å². The third-order valence-corrected chi connectivity index (χ3v) is 3.42. The number of rotatable bonds is 2. The van der Waals surface area contributed by atoms with Gasteiger partial charge in [0.1, 0.15) is 5.82 Å². The zero-order chi connectivity index (χ0) is 12.4. The van der Waals surface area contributed by atoms with Crippen molar-refractivity contribution in [2.24, 2.45) is 0 Å². The Morgan fingerprint density at radius 2 is 1.71 bits per heavy atom. The smallest absolute Gasteiger partial charge is 0.129 e. The Kier molecular flexibility index (Phi) is 3.70. The number of alkyl halides is 1. The predicted molar refractivity (Wildman–Crippen MR) is 70.3 cm³/mol. The van der Waals surface area contributed by atoms with Crippen LogP contribution in [0.25, 0.3) is 0 Å². The van der Waals surface area contributed by atoms with Crippen LogP contribution in [0.5, 0.6) is 0 Å². The first-order chi connectivity index (χ1) is 8.09. The lowest BCUT2D eigenvalue weighted by Crippen LogP contribution is -1.98. The van der Waals surface area contributed by atoms with Crippen LogP contribution in [0.3, 0.4) is 0 Å². The third-order valence-electron chi connectivity index (χ3n) is 2.62.